The number of hydrogen-bond acceptors (Lipinski definition) is 4. The van der Waals surface area contributed by atoms with Crippen LogP contribution in [-0.2, 0) is 9.59 Å². The molecule has 0 spiro atoms. The Labute approximate surface area is 99.9 Å². The summed E-state index contributed by atoms with van der Waals surface area (Å²) >= 11 is 0. The number of ketones is 1. The maximum atomic E-state index is 11.4. The molecule has 0 aromatic carbocycles. The summed E-state index contributed by atoms with van der Waals surface area (Å²) in [7, 11) is 0. The van der Waals surface area contributed by atoms with E-state index in [0.29, 0.717) is 6.42 Å². The third-order valence-electron chi connectivity index (χ3n) is 2.64. The van der Waals surface area contributed by atoms with Gasteiger partial charge in [0.1, 0.15) is 6.10 Å². The molecule has 0 radical (unpaired) electrons. The van der Waals surface area contributed by atoms with E-state index in [9.17, 15) is 14.7 Å². The average molecular weight is 239 g/mol. The lowest BCUT2D eigenvalue weighted by molar-refractivity contribution is -0.138. The number of rotatable bonds is 8. The van der Waals surface area contributed by atoms with Crippen molar-refractivity contribution >= 4 is 18.0 Å². The van der Waals surface area contributed by atoms with Gasteiger partial charge in [-0.1, -0.05) is 0 Å². The zero-order valence-corrected chi connectivity index (χ0v) is 9.63. The van der Waals surface area contributed by atoms with Crippen LogP contribution >= 0.6 is 0 Å². The van der Waals surface area contributed by atoms with Crippen LogP contribution < -0.4 is 0 Å². The zero-order valence-electron chi connectivity index (χ0n) is 9.63. The number of aliphatic hydroxyl groups is 1. The Kier molecular flexibility index (Phi) is 5.56. The van der Waals surface area contributed by atoms with Crippen molar-refractivity contribution in [1.82, 2.24) is 0 Å². The Morgan fingerprint density at radius 3 is 2.76 bits per heavy atom. The monoisotopic (exact) mass is 239 g/mol. The van der Waals surface area contributed by atoms with Crippen LogP contribution in [0.3, 0.4) is 0 Å². The summed E-state index contributed by atoms with van der Waals surface area (Å²) in [4.78, 5) is 25.7. The van der Waals surface area contributed by atoms with Gasteiger partial charge in [0.05, 0.1) is 0 Å². The second-order valence-corrected chi connectivity index (χ2v) is 4.09. The molecule has 0 fully saturated rings. The molecule has 0 amide bonds. The number of hydrogen-bond donors (Lipinski definition) is 2. The highest BCUT2D eigenvalue weighted by atomic mass is 16.4. The summed E-state index contributed by atoms with van der Waals surface area (Å²) < 4.78 is 0. The van der Waals surface area contributed by atoms with Gasteiger partial charge in [-0.2, -0.15) is 0 Å². The number of carbonyl (C=O) groups is 2. The number of nitrogens with zero attached hydrogens (tertiary/aromatic N) is 1. The highest BCUT2D eigenvalue weighted by molar-refractivity contribution is 5.83. The van der Waals surface area contributed by atoms with E-state index >= 15 is 0 Å². The largest absolute Gasteiger partial charge is 0.481 e. The van der Waals surface area contributed by atoms with E-state index in [1.165, 1.54) is 5.57 Å². The molecule has 0 aliphatic carbocycles. The number of aliphatic carboxylic acids is 1. The molecule has 0 saturated carbocycles. The minimum atomic E-state index is -1.14. The van der Waals surface area contributed by atoms with Crippen molar-refractivity contribution in [2.75, 3.05) is 0 Å². The van der Waals surface area contributed by atoms with Crippen molar-refractivity contribution in [2.24, 2.45) is 4.99 Å². The first kappa shape index (κ1) is 13.6. The summed E-state index contributed by atoms with van der Waals surface area (Å²) in [6, 6.07) is 0. The van der Waals surface area contributed by atoms with E-state index in [1.54, 1.807) is 6.20 Å². The van der Waals surface area contributed by atoms with Gasteiger partial charge in [-0.05, 0) is 24.8 Å². The quantitative estimate of drug-likeness (QED) is 0.668. The van der Waals surface area contributed by atoms with E-state index in [4.69, 9.17) is 5.11 Å². The molecule has 0 aromatic rings. The summed E-state index contributed by atoms with van der Waals surface area (Å²) in [5, 5.41) is 17.8. The Morgan fingerprint density at radius 2 is 2.18 bits per heavy atom. The number of carbonyl (C=O) groups excluding carboxylic acids is 1. The Hall–Kier alpha value is -1.49. The number of Topliss-reactive ketones (excluding diaryl/α,β-unsaturated/α-hetero) is 1. The van der Waals surface area contributed by atoms with Crippen molar-refractivity contribution in [1.29, 1.82) is 0 Å². The number of aliphatic imine (C=N–C) groups is 1. The molecule has 5 nitrogen and oxygen atoms in total. The van der Waals surface area contributed by atoms with Gasteiger partial charge in [0.2, 0.25) is 0 Å². The average Bonchev–Trinajstić information content (AvgIpc) is 2.78. The molecule has 1 heterocycles. The van der Waals surface area contributed by atoms with E-state index in [0.717, 1.165) is 12.8 Å². The van der Waals surface area contributed by atoms with Gasteiger partial charge in [-0.25, -0.2) is 0 Å². The summed E-state index contributed by atoms with van der Waals surface area (Å²) in [6.45, 7) is 0. The fourth-order valence-corrected chi connectivity index (χ4v) is 1.62. The smallest absolute Gasteiger partial charge is 0.303 e. The van der Waals surface area contributed by atoms with Crippen LogP contribution in [0.15, 0.2) is 16.8 Å². The number of allylic oxidation sites excluding steroid dienone is 1. The van der Waals surface area contributed by atoms with Crippen LogP contribution in [-0.4, -0.2) is 34.3 Å². The standard InChI is InChI=1S/C12H17NO4/c14-10(11(15)4-5-12(16)17)3-1-2-9-6-7-13-8-9/h7-8,11,15H,1-6H2,(H,16,17). The van der Waals surface area contributed by atoms with Crippen molar-refractivity contribution in [3.63, 3.8) is 0 Å². The van der Waals surface area contributed by atoms with Crippen molar-refractivity contribution in [3.8, 4) is 0 Å². The molecule has 94 valence electrons. The first-order valence-corrected chi connectivity index (χ1v) is 5.71. The van der Waals surface area contributed by atoms with Crippen molar-refractivity contribution < 1.29 is 19.8 Å². The minimum Gasteiger partial charge on any atom is -0.481 e. The lowest BCUT2D eigenvalue weighted by Gasteiger charge is -2.07. The number of carboxylic acids is 1. The zero-order chi connectivity index (χ0) is 12.7. The first-order valence-electron chi connectivity index (χ1n) is 5.71. The molecule has 2 N–H and O–H groups in total. The number of aliphatic hydroxyl groups excluding tert-OH is 1. The summed E-state index contributed by atoms with van der Waals surface area (Å²) in [6.07, 6.45) is 4.92. The fourth-order valence-electron chi connectivity index (χ4n) is 1.62. The van der Waals surface area contributed by atoms with Gasteiger partial charge < -0.3 is 10.2 Å². The van der Waals surface area contributed by atoms with Crippen molar-refractivity contribution in [2.45, 2.75) is 44.6 Å². The SMILES string of the molecule is O=C(O)CCC(O)C(=O)CCCC1=CN=CC1. The topological polar surface area (TPSA) is 87.0 Å². The molecule has 1 atom stereocenters. The molecular formula is C12H17NO4. The lowest BCUT2D eigenvalue weighted by Crippen LogP contribution is -2.21. The molecule has 0 saturated heterocycles. The summed E-state index contributed by atoms with van der Waals surface area (Å²) in [5.74, 6) is -1.27. The van der Waals surface area contributed by atoms with Crippen LogP contribution in [0.2, 0.25) is 0 Å². The second-order valence-electron chi connectivity index (χ2n) is 4.09. The first-order chi connectivity index (χ1) is 8.09. The van der Waals surface area contributed by atoms with E-state index in [-0.39, 0.29) is 25.0 Å². The maximum absolute atomic E-state index is 11.4. The van der Waals surface area contributed by atoms with Gasteiger partial charge in [0.25, 0.3) is 0 Å². The van der Waals surface area contributed by atoms with E-state index in [1.807, 2.05) is 6.21 Å². The maximum Gasteiger partial charge on any atom is 0.303 e. The molecule has 5 heteroatoms. The number of carboxylic acid groups (broad SMARTS) is 1. The van der Waals surface area contributed by atoms with Crippen LogP contribution in [0.5, 0.6) is 0 Å². The predicted molar refractivity (Wildman–Crippen MR) is 62.9 cm³/mol. The van der Waals surface area contributed by atoms with Gasteiger partial charge >= 0.3 is 5.97 Å². The molecule has 0 bridgehead atoms. The molecule has 0 aromatic heterocycles. The van der Waals surface area contributed by atoms with Crippen molar-refractivity contribution in [3.05, 3.63) is 11.8 Å². The van der Waals surface area contributed by atoms with Crippen LogP contribution in [0, 0.1) is 0 Å². The Balaban J connectivity index is 2.13. The lowest BCUT2D eigenvalue weighted by atomic mass is 10.0. The molecule has 1 rings (SSSR count). The third-order valence-corrected chi connectivity index (χ3v) is 2.64. The molecule has 1 aliphatic rings. The van der Waals surface area contributed by atoms with Crippen LogP contribution in [0.4, 0.5) is 0 Å². The Morgan fingerprint density at radius 1 is 1.41 bits per heavy atom. The Bertz CT molecular complexity index is 346. The van der Waals surface area contributed by atoms with Crippen LogP contribution in [0.25, 0.3) is 0 Å². The van der Waals surface area contributed by atoms with Gasteiger partial charge in [0, 0.05) is 31.7 Å². The molecule has 17 heavy (non-hydrogen) atoms. The van der Waals surface area contributed by atoms with E-state index < -0.39 is 12.1 Å². The van der Waals surface area contributed by atoms with Gasteiger partial charge in [-0.3, -0.25) is 14.6 Å². The highest BCUT2D eigenvalue weighted by Gasteiger charge is 2.16. The second kappa shape index (κ2) is 6.96. The fraction of sp³-hybridized carbons (Fsp3) is 0.583. The minimum absolute atomic E-state index is 0.0000256. The van der Waals surface area contributed by atoms with Gasteiger partial charge in [-0.15, -0.1) is 0 Å². The molecule has 1 aliphatic heterocycles. The summed E-state index contributed by atoms with van der Waals surface area (Å²) in [5.41, 5.74) is 1.19. The van der Waals surface area contributed by atoms with Gasteiger partial charge in [0.15, 0.2) is 5.78 Å². The predicted octanol–water partition coefficient (Wildman–Crippen LogP) is 1.31. The molecule has 1 unspecified atom stereocenters. The van der Waals surface area contributed by atoms with Crippen LogP contribution in [0.1, 0.15) is 38.5 Å². The third kappa shape index (κ3) is 5.40. The molecular weight excluding hydrogens is 222 g/mol. The van der Waals surface area contributed by atoms with E-state index in [2.05, 4.69) is 4.99 Å². The normalized spacial score (nSPS) is 15.7. The highest BCUT2D eigenvalue weighted by Crippen LogP contribution is 2.15.